The maximum absolute atomic E-state index is 12.6. The molecular weight excluding hydrogens is 272 g/mol. The van der Waals surface area contributed by atoms with Crippen LogP contribution in [0, 0.1) is 5.92 Å². The van der Waals surface area contributed by atoms with E-state index in [4.69, 9.17) is 4.74 Å². The van der Waals surface area contributed by atoms with Gasteiger partial charge in [-0.3, -0.25) is 9.59 Å². The standard InChI is InChI=1S/C16H18O5/c17-13-11-3-1-2-4-12(11)14(18)16(20,15(13)19)9-10-5-7-21-8-6-10/h1-4,10,15,19-20H,5-9H2/t15-,16+/m0/s1. The van der Waals surface area contributed by atoms with Crippen LogP contribution in [0.2, 0.25) is 0 Å². The van der Waals surface area contributed by atoms with Crippen molar-refractivity contribution in [3.05, 3.63) is 35.4 Å². The van der Waals surface area contributed by atoms with Crippen molar-refractivity contribution in [2.24, 2.45) is 5.92 Å². The summed E-state index contributed by atoms with van der Waals surface area (Å²) >= 11 is 0. The zero-order valence-corrected chi connectivity index (χ0v) is 11.6. The zero-order chi connectivity index (χ0) is 15.0. The topological polar surface area (TPSA) is 83.8 Å². The van der Waals surface area contributed by atoms with Crippen molar-refractivity contribution in [1.29, 1.82) is 0 Å². The van der Waals surface area contributed by atoms with E-state index >= 15 is 0 Å². The van der Waals surface area contributed by atoms with Crippen LogP contribution in [0.3, 0.4) is 0 Å². The molecular formula is C16H18O5. The summed E-state index contributed by atoms with van der Waals surface area (Å²) in [6.45, 7) is 1.16. The smallest absolute Gasteiger partial charge is 0.198 e. The van der Waals surface area contributed by atoms with Gasteiger partial charge < -0.3 is 14.9 Å². The second kappa shape index (κ2) is 5.33. The molecule has 3 rings (SSSR count). The summed E-state index contributed by atoms with van der Waals surface area (Å²) in [6.07, 6.45) is -0.157. The van der Waals surface area contributed by atoms with Gasteiger partial charge in [-0.1, -0.05) is 24.3 Å². The van der Waals surface area contributed by atoms with E-state index in [1.54, 1.807) is 12.1 Å². The van der Waals surface area contributed by atoms with Gasteiger partial charge in [-0.2, -0.15) is 0 Å². The van der Waals surface area contributed by atoms with Crippen LogP contribution in [0.4, 0.5) is 0 Å². The van der Waals surface area contributed by atoms with Gasteiger partial charge in [-0.15, -0.1) is 0 Å². The highest BCUT2D eigenvalue weighted by atomic mass is 16.5. The minimum atomic E-state index is -2.02. The van der Waals surface area contributed by atoms with Crippen LogP contribution in [0.1, 0.15) is 40.0 Å². The van der Waals surface area contributed by atoms with Crippen LogP contribution >= 0.6 is 0 Å². The number of fused-ring (bicyclic) bond motifs is 1. The Hall–Kier alpha value is -1.56. The fourth-order valence-corrected chi connectivity index (χ4v) is 3.21. The molecule has 1 saturated heterocycles. The fraction of sp³-hybridized carbons (Fsp3) is 0.500. The number of rotatable bonds is 2. The Kier molecular flexibility index (Phi) is 3.65. The summed E-state index contributed by atoms with van der Waals surface area (Å²) in [5.41, 5.74) is -1.64. The first-order valence-corrected chi connectivity index (χ1v) is 7.20. The number of hydrogen-bond acceptors (Lipinski definition) is 5. The molecule has 5 nitrogen and oxygen atoms in total. The molecule has 0 aromatic heterocycles. The average Bonchev–Trinajstić information content (AvgIpc) is 2.52. The van der Waals surface area contributed by atoms with Gasteiger partial charge in [0.25, 0.3) is 0 Å². The zero-order valence-electron chi connectivity index (χ0n) is 11.6. The summed E-state index contributed by atoms with van der Waals surface area (Å²) in [6, 6.07) is 6.32. The van der Waals surface area contributed by atoms with E-state index in [1.165, 1.54) is 12.1 Å². The first kappa shape index (κ1) is 14.4. The number of ether oxygens (including phenoxy) is 1. The van der Waals surface area contributed by atoms with Crippen LogP contribution in [-0.2, 0) is 4.74 Å². The van der Waals surface area contributed by atoms with E-state index in [2.05, 4.69) is 0 Å². The number of aliphatic hydroxyl groups excluding tert-OH is 1. The lowest BCUT2D eigenvalue weighted by molar-refractivity contribution is -0.0610. The second-order valence-electron chi connectivity index (χ2n) is 5.83. The maximum Gasteiger partial charge on any atom is 0.198 e. The highest BCUT2D eigenvalue weighted by Gasteiger charge is 2.52. The molecule has 2 atom stereocenters. The van der Waals surface area contributed by atoms with Gasteiger partial charge in [0.05, 0.1) is 0 Å². The number of aliphatic hydroxyl groups is 2. The Morgan fingerprint density at radius 1 is 1.14 bits per heavy atom. The molecule has 1 aliphatic heterocycles. The Bertz CT molecular complexity index is 576. The normalized spacial score (nSPS) is 30.3. The van der Waals surface area contributed by atoms with E-state index < -0.39 is 23.3 Å². The van der Waals surface area contributed by atoms with Crippen molar-refractivity contribution < 1.29 is 24.5 Å². The van der Waals surface area contributed by atoms with E-state index in [1.807, 2.05) is 0 Å². The lowest BCUT2D eigenvalue weighted by Gasteiger charge is -2.38. The van der Waals surface area contributed by atoms with Gasteiger partial charge in [0.2, 0.25) is 0 Å². The molecule has 1 aromatic carbocycles. The Balaban J connectivity index is 1.94. The molecule has 0 bridgehead atoms. The highest BCUT2D eigenvalue weighted by Crippen LogP contribution is 2.36. The predicted molar refractivity (Wildman–Crippen MR) is 74.2 cm³/mol. The summed E-state index contributed by atoms with van der Waals surface area (Å²) < 4.78 is 5.26. The van der Waals surface area contributed by atoms with Crippen LogP contribution in [0.5, 0.6) is 0 Å². The van der Waals surface area contributed by atoms with Gasteiger partial charge in [-0.25, -0.2) is 0 Å². The lowest BCUT2D eigenvalue weighted by atomic mass is 9.71. The number of Topliss-reactive ketones (excluding diaryl/α,β-unsaturated/α-hetero) is 2. The largest absolute Gasteiger partial charge is 0.381 e. The van der Waals surface area contributed by atoms with E-state index in [9.17, 15) is 19.8 Å². The third kappa shape index (κ3) is 2.31. The molecule has 5 heteroatoms. The van der Waals surface area contributed by atoms with Crippen LogP contribution in [0.15, 0.2) is 24.3 Å². The second-order valence-corrected chi connectivity index (χ2v) is 5.83. The molecule has 2 aliphatic rings. The summed E-state index contributed by atoms with van der Waals surface area (Å²) in [5, 5.41) is 20.9. The van der Waals surface area contributed by atoms with Crippen LogP contribution < -0.4 is 0 Å². The molecule has 0 spiro atoms. The Labute approximate surface area is 122 Å². The number of carbonyl (C=O) groups excluding carboxylic acids is 2. The Morgan fingerprint density at radius 3 is 2.43 bits per heavy atom. The van der Waals surface area contributed by atoms with Crippen molar-refractivity contribution in [3.63, 3.8) is 0 Å². The summed E-state index contributed by atoms with van der Waals surface area (Å²) in [4.78, 5) is 24.8. The minimum Gasteiger partial charge on any atom is -0.381 e. The maximum atomic E-state index is 12.6. The van der Waals surface area contributed by atoms with Gasteiger partial charge in [0.15, 0.2) is 23.3 Å². The molecule has 1 aliphatic carbocycles. The summed E-state index contributed by atoms with van der Waals surface area (Å²) in [5.74, 6) is -1.07. The van der Waals surface area contributed by atoms with E-state index in [-0.39, 0.29) is 23.5 Å². The van der Waals surface area contributed by atoms with Gasteiger partial charge in [-0.05, 0) is 25.2 Å². The highest BCUT2D eigenvalue weighted by molar-refractivity contribution is 6.19. The fourth-order valence-electron chi connectivity index (χ4n) is 3.21. The molecule has 0 amide bonds. The van der Waals surface area contributed by atoms with Crippen LogP contribution in [-0.4, -0.2) is 46.7 Å². The third-order valence-corrected chi connectivity index (χ3v) is 4.47. The minimum absolute atomic E-state index is 0.0698. The third-order valence-electron chi connectivity index (χ3n) is 4.47. The molecule has 0 saturated carbocycles. The molecule has 0 unspecified atom stereocenters. The quantitative estimate of drug-likeness (QED) is 0.848. The molecule has 1 aromatic rings. The Morgan fingerprint density at radius 2 is 1.76 bits per heavy atom. The number of carbonyl (C=O) groups is 2. The van der Waals surface area contributed by atoms with Crippen LogP contribution in [0.25, 0.3) is 0 Å². The summed E-state index contributed by atoms with van der Waals surface area (Å²) in [7, 11) is 0. The van der Waals surface area contributed by atoms with Gasteiger partial charge >= 0.3 is 0 Å². The lowest BCUT2D eigenvalue weighted by Crippen LogP contribution is -2.57. The van der Waals surface area contributed by atoms with Gasteiger partial charge in [0, 0.05) is 24.3 Å². The molecule has 0 radical (unpaired) electrons. The predicted octanol–water partition coefficient (Wildman–Crippen LogP) is 0.974. The molecule has 1 heterocycles. The van der Waals surface area contributed by atoms with Crippen molar-refractivity contribution in [2.75, 3.05) is 13.2 Å². The SMILES string of the molecule is O=C1c2ccccc2C(=O)[C@](O)(CC2CCOCC2)[C@H]1O. The molecule has 1 fully saturated rings. The molecule has 2 N–H and O–H groups in total. The molecule has 21 heavy (non-hydrogen) atoms. The monoisotopic (exact) mass is 290 g/mol. The van der Waals surface area contributed by atoms with E-state index in [0.29, 0.717) is 13.2 Å². The first-order chi connectivity index (χ1) is 10.0. The average molecular weight is 290 g/mol. The van der Waals surface area contributed by atoms with E-state index in [0.717, 1.165) is 12.8 Å². The molecule has 112 valence electrons. The van der Waals surface area contributed by atoms with Crippen molar-refractivity contribution in [1.82, 2.24) is 0 Å². The first-order valence-electron chi connectivity index (χ1n) is 7.20. The van der Waals surface area contributed by atoms with Crippen molar-refractivity contribution in [2.45, 2.75) is 31.0 Å². The van der Waals surface area contributed by atoms with Gasteiger partial charge in [0.1, 0.15) is 0 Å². The van der Waals surface area contributed by atoms with Crippen molar-refractivity contribution >= 4 is 11.6 Å². The van der Waals surface area contributed by atoms with Crippen molar-refractivity contribution in [3.8, 4) is 0 Å². The number of ketones is 2. The number of benzene rings is 1. The number of hydrogen-bond donors (Lipinski definition) is 2.